The van der Waals surface area contributed by atoms with E-state index in [-0.39, 0.29) is 36.0 Å². The van der Waals surface area contributed by atoms with Crippen molar-refractivity contribution in [3.8, 4) is 5.69 Å². The molecule has 32 heavy (non-hydrogen) atoms. The van der Waals surface area contributed by atoms with Gasteiger partial charge in [0, 0.05) is 24.5 Å². The Labute approximate surface area is 185 Å². The Balaban J connectivity index is 2.04. The molecule has 8 unspecified atom stereocenters. The van der Waals surface area contributed by atoms with Crippen molar-refractivity contribution in [1.29, 1.82) is 0 Å². The van der Waals surface area contributed by atoms with Crippen LogP contribution in [0.25, 0.3) is 0 Å². The molecule has 2 aliphatic rings. The van der Waals surface area contributed by atoms with E-state index in [4.69, 9.17) is 24.4 Å². The average molecular weight is 513 g/mol. The third kappa shape index (κ3) is 5.49. The van der Waals surface area contributed by atoms with Crippen LogP contribution in [0.15, 0.2) is 15.8 Å². The van der Waals surface area contributed by atoms with E-state index in [9.17, 15) is 33.4 Å². The zero-order chi connectivity index (χ0) is 23.8. The first-order valence-electron chi connectivity index (χ1n) is 9.41. The molecule has 1 aromatic rings. The Morgan fingerprint density at radius 1 is 1.34 bits per heavy atom. The minimum atomic E-state index is -4.71. The fraction of sp³-hybridized carbons (Fsp3) is 0.688. The quantitative estimate of drug-likeness (QED) is 0.285. The van der Waals surface area contributed by atoms with Crippen LogP contribution in [0.5, 0.6) is 0 Å². The van der Waals surface area contributed by atoms with Crippen LogP contribution in [0.2, 0.25) is 0 Å². The van der Waals surface area contributed by atoms with Gasteiger partial charge in [-0.05, 0) is 30.1 Å². The molecule has 180 valence electrons. The van der Waals surface area contributed by atoms with E-state index in [1.54, 1.807) is 0 Å². The Bertz CT molecular complexity index is 1110. The maximum absolute atomic E-state index is 12.5. The third-order valence-electron chi connectivity index (χ3n) is 5.28. The van der Waals surface area contributed by atoms with Gasteiger partial charge in [0.2, 0.25) is 0 Å². The Kier molecular flexibility index (Phi) is 7.66. The van der Waals surface area contributed by atoms with Crippen molar-refractivity contribution in [3.05, 3.63) is 32.6 Å². The van der Waals surface area contributed by atoms with Crippen LogP contribution in [0.4, 0.5) is 0 Å². The van der Waals surface area contributed by atoms with Gasteiger partial charge < -0.3 is 33.5 Å². The van der Waals surface area contributed by atoms with E-state index in [2.05, 4.69) is 4.98 Å². The second-order valence-electron chi connectivity index (χ2n) is 7.47. The smallest absolute Gasteiger partial charge is 0.415 e. The van der Waals surface area contributed by atoms with Gasteiger partial charge in [-0.1, -0.05) is 5.69 Å². The monoisotopic (exact) mass is 513 g/mol. The Morgan fingerprint density at radius 3 is 2.59 bits per heavy atom. The molecule has 0 radical (unpaired) electrons. The summed E-state index contributed by atoms with van der Waals surface area (Å²) >= 11 is 0. The van der Waals surface area contributed by atoms with Crippen LogP contribution in [0, 0.1) is 18.5 Å². The van der Waals surface area contributed by atoms with Gasteiger partial charge in [-0.3, -0.25) is 18.9 Å². The average Bonchev–Trinajstić information content (AvgIpc) is 3.44. The summed E-state index contributed by atoms with van der Waals surface area (Å²) in [6, 6.07) is 0. The van der Waals surface area contributed by atoms with Crippen LogP contribution in [-0.2, 0) is 27.9 Å². The fourth-order valence-corrected chi connectivity index (χ4v) is 5.89. The number of aromatic amines is 1. The maximum Gasteiger partial charge on any atom is 0.415 e. The molecule has 1 saturated heterocycles. The number of hydrogen-bond acceptors (Lipinski definition) is 9. The van der Waals surface area contributed by atoms with Gasteiger partial charge >= 0.3 is 12.5 Å². The molecule has 1 saturated carbocycles. The van der Waals surface area contributed by atoms with E-state index < -0.39 is 61.8 Å². The molecule has 0 amide bonds. The van der Waals surface area contributed by atoms with Crippen molar-refractivity contribution in [1.82, 2.24) is 9.55 Å². The molecule has 1 aliphatic heterocycles. The van der Waals surface area contributed by atoms with Crippen LogP contribution in [-0.4, -0.2) is 63.6 Å². The molecule has 3 N–H and O–H groups in total. The summed E-state index contributed by atoms with van der Waals surface area (Å²) in [5.74, 6) is -0.783. The molecule has 1 aromatic heterocycles. The van der Waals surface area contributed by atoms with Gasteiger partial charge in [0.1, 0.15) is 19.8 Å². The molecule has 0 bridgehead atoms. The Hall–Kier alpha value is -1.14. The van der Waals surface area contributed by atoms with Gasteiger partial charge in [0.25, 0.3) is 5.56 Å². The molecule has 0 aromatic carbocycles. The van der Waals surface area contributed by atoms with E-state index in [1.807, 2.05) is 0 Å². The molecule has 2 heterocycles. The highest BCUT2D eigenvalue weighted by atomic mass is 32.7. The summed E-state index contributed by atoms with van der Waals surface area (Å²) in [5.41, 5.74) is 2.83. The first-order chi connectivity index (χ1) is 14.9. The number of aromatic nitrogens is 2. The van der Waals surface area contributed by atoms with E-state index in [0.717, 1.165) is 4.57 Å². The molecule has 2 fully saturated rings. The van der Waals surface area contributed by atoms with Crippen molar-refractivity contribution in [2.24, 2.45) is 5.92 Å². The molecular weight excluding hydrogens is 490 g/mol. The first-order valence-corrected chi connectivity index (χ1v) is 14.1. The van der Waals surface area contributed by atoms with Gasteiger partial charge in [-0.15, -0.1) is 0 Å². The second-order valence-corrected chi connectivity index (χ2v) is 12.6. The number of aryl methyl sites for hydroxylation is 1. The number of ether oxygens (including phenoxy) is 3. The SMILES string of the molecule is C#SP(=O)(O)OC1C(C2CC2P(=O)([O-])O)OC(n2cc(C)c(=O)[nH]c2=O)C1OCCOC. The lowest BCUT2D eigenvalue weighted by atomic mass is 10.1. The Morgan fingerprint density at radius 2 is 2.03 bits per heavy atom. The molecule has 16 heteroatoms. The summed E-state index contributed by atoms with van der Waals surface area (Å²) in [4.78, 5) is 57.3. The topological polar surface area (TPSA) is 189 Å². The van der Waals surface area contributed by atoms with E-state index in [1.165, 1.54) is 20.2 Å². The third-order valence-corrected chi connectivity index (χ3v) is 8.54. The largest absolute Gasteiger partial charge is 0.778 e. The summed E-state index contributed by atoms with van der Waals surface area (Å²) in [6.45, 7) is -2.85. The van der Waals surface area contributed by atoms with Crippen LogP contribution in [0.3, 0.4) is 0 Å². The highest BCUT2D eigenvalue weighted by Crippen LogP contribution is 2.61. The van der Waals surface area contributed by atoms with Crippen molar-refractivity contribution in [3.63, 3.8) is 0 Å². The highest BCUT2D eigenvalue weighted by molar-refractivity contribution is 8.48. The molecule has 0 spiro atoms. The number of hydrogen-bond donors (Lipinski definition) is 3. The van der Waals surface area contributed by atoms with Crippen LogP contribution in [0.1, 0.15) is 18.2 Å². The van der Waals surface area contributed by atoms with Crippen LogP contribution >= 0.6 is 25.2 Å². The van der Waals surface area contributed by atoms with Gasteiger partial charge in [-0.25, -0.2) is 9.36 Å². The molecule has 8 atom stereocenters. The zero-order valence-corrected chi connectivity index (χ0v) is 19.7. The van der Waals surface area contributed by atoms with Crippen LogP contribution < -0.4 is 16.1 Å². The number of nitrogens with zero attached hydrogens (tertiary/aromatic N) is 1. The normalized spacial score (nSPS) is 33.4. The molecule has 13 nitrogen and oxygen atoms in total. The van der Waals surface area contributed by atoms with Crippen molar-refractivity contribution >= 4 is 25.2 Å². The lowest BCUT2D eigenvalue weighted by molar-refractivity contribution is -0.194. The summed E-state index contributed by atoms with van der Waals surface area (Å²) in [6.07, 6.45) is -3.66. The zero-order valence-electron chi connectivity index (χ0n) is 17.1. The lowest BCUT2D eigenvalue weighted by Gasteiger charge is -2.26. The first kappa shape index (κ1) is 25.5. The van der Waals surface area contributed by atoms with Crippen molar-refractivity contribution in [2.45, 2.75) is 43.5 Å². The standard InChI is InChI=1S/C16H24N2O11P2S/c1-8-7-18(16(20)17-14(8)19)15-13(27-5-4-26-2)12(29-31(24,25)32-3)11(28-15)9-6-10(9)30(21,22)23/h3,7,9-13,15H,4-6H2,1-2H3,(H,24,25)(H,17,19,20)(H2,21,22,23)/p-1. The minimum Gasteiger partial charge on any atom is -0.778 e. The number of H-pyrrole nitrogens is 1. The predicted molar refractivity (Wildman–Crippen MR) is 111 cm³/mol. The number of rotatable bonds is 9. The lowest BCUT2D eigenvalue weighted by Crippen LogP contribution is -2.41. The van der Waals surface area contributed by atoms with Gasteiger partial charge in [-0.2, -0.15) is 0 Å². The van der Waals surface area contributed by atoms with Gasteiger partial charge in [0.15, 0.2) is 6.23 Å². The fourth-order valence-electron chi connectivity index (χ4n) is 3.68. The predicted octanol–water partition coefficient (Wildman–Crippen LogP) is -0.484. The summed E-state index contributed by atoms with van der Waals surface area (Å²) < 4.78 is 46.8. The number of nitrogens with one attached hydrogen (secondary N) is 1. The molecule has 3 rings (SSSR count). The summed E-state index contributed by atoms with van der Waals surface area (Å²) in [5, 5.41) is 0. The van der Waals surface area contributed by atoms with Gasteiger partial charge in [0.05, 0.1) is 19.3 Å². The maximum atomic E-state index is 12.5. The highest BCUT2D eigenvalue weighted by Gasteiger charge is 2.60. The number of methoxy groups -OCH3 is 1. The van der Waals surface area contributed by atoms with Crippen molar-refractivity contribution in [2.75, 3.05) is 20.3 Å². The minimum absolute atomic E-state index is 0.0182. The second kappa shape index (κ2) is 9.61. The van der Waals surface area contributed by atoms with E-state index >= 15 is 0 Å². The van der Waals surface area contributed by atoms with Crippen molar-refractivity contribution < 1.29 is 42.5 Å². The molecule has 1 aliphatic carbocycles. The summed E-state index contributed by atoms with van der Waals surface area (Å²) in [7, 11) is -3.22. The van der Waals surface area contributed by atoms with E-state index in [0.29, 0.717) is 0 Å². The molecular formula is C16H23N2O11P2S-.